The largest absolute Gasteiger partial charge is 0.478 e. The quantitative estimate of drug-likeness (QED) is 0.805. The molecule has 0 heterocycles. The Hall–Kier alpha value is -2.36. The molecule has 0 unspecified atom stereocenters. The van der Waals surface area contributed by atoms with Gasteiger partial charge in [0.2, 0.25) is 0 Å². The highest BCUT2D eigenvalue weighted by Crippen LogP contribution is 2.28. The molecule has 0 bridgehead atoms. The second-order valence-corrected chi connectivity index (χ2v) is 6.13. The van der Waals surface area contributed by atoms with Crippen molar-refractivity contribution in [2.45, 2.75) is 46.1 Å². The Morgan fingerprint density at radius 2 is 1.88 bits per heavy atom. The van der Waals surface area contributed by atoms with Crippen molar-refractivity contribution in [3.63, 3.8) is 0 Å². The Balaban J connectivity index is 2.20. The lowest BCUT2D eigenvalue weighted by Gasteiger charge is -2.21. The number of rotatable bonds is 6. The number of hydrogen-bond donors (Lipinski definition) is 1. The molecule has 0 spiro atoms. The van der Waals surface area contributed by atoms with E-state index in [1.54, 1.807) is 12.1 Å². The van der Waals surface area contributed by atoms with E-state index in [1.165, 1.54) is 12.1 Å². The smallest absolute Gasteiger partial charge is 0.265 e. The molecule has 0 aliphatic rings. The van der Waals surface area contributed by atoms with Crippen LogP contribution >= 0.6 is 0 Å². The van der Waals surface area contributed by atoms with Gasteiger partial charge < -0.3 is 10.1 Å². The summed E-state index contributed by atoms with van der Waals surface area (Å²) in [6, 6.07) is 12.1. The Morgan fingerprint density at radius 3 is 2.50 bits per heavy atom. The van der Waals surface area contributed by atoms with Gasteiger partial charge >= 0.3 is 0 Å². The summed E-state index contributed by atoms with van der Waals surface area (Å²) in [5.74, 6) is -0.361. The van der Waals surface area contributed by atoms with E-state index < -0.39 is 11.9 Å². The number of halogens is 1. The maximum absolute atomic E-state index is 13.8. The number of ether oxygens (including phenoxy) is 1. The number of nitrogens with one attached hydrogen (secondary N) is 1. The number of carbonyl (C=O) groups is 1. The van der Waals surface area contributed by atoms with Crippen molar-refractivity contribution in [3.8, 4) is 5.75 Å². The highest BCUT2D eigenvalue weighted by atomic mass is 19.1. The van der Waals surface area contributed by atoms with Gasteiger partial charge in [-0.2, -0.15) is 0 Å². The zero-order chi connectivity index (χ0) is 17.7. The van der Waals surface area contributed by atoms with Gasteiger partial charge in [0.05, 0.1) is 0 Å². The minimum atomic E-state index is -0.749. The molecule has 0 aliphatic heterocycles. The van der Waals surface area contributed by atoms with Gasteiger partial charge in [0, 0.05) is 5.69 Å². The standard InChI is InChI=1S/C20H24FNO2/c1-5-17(24-18-12-7-6-11-16(18)21)20(23)22-19-14(4)9-8-10-15(19)13(2)3/h6-13,17H,5H2,1-4H3,(H,22,23)/t17-/m0/s1. The summed E-state index contributed by atoms with van der Waals surface area (Å²) in [6.45, 7) is 7.96. The minimum absolute atomic E-state index is 0.0911. The van der Waals surface area contributed by atoms with Crippen LogP contribution in [-0.2, 0) is 4.79 Å². The number of aryl methyl sites for hydroxylation is 1. The summed E-state index contributed by atoms with van der Waals surface area (Å²) in [6.07, 6.45) is -0.301. The molecule has 3 nitrogen and oxygen atoms in total. The van der Waals surface area contributed by atoms with E-state index in [9.17, 15) is 9.18 Å². The van der Waals surface area contributed by atoms with E-state index >= 15 is 0 Å². The van der Waals surface area contributed by atoms with Crippen LogP contribution < -0.4 is 10.1 Å². The summed E-state index contributed by atoms with van der Waals surface area (Å²) >= 11 is 0. The van der Waals surface area contributed by atoms with Crippen molar-refractivity contribution in [2.24, 2.45) is 0 Å². The lowest BCUT2D eigenvalue weighted by molar-refractivity contribution is -0.122. The number of carbonyl (C=O) groups excluding carboxylic acids is 1. The zero-order valence-corrected chi connectivity index (χ0v) is 14.6. The summed E-state index contributed by atoms with van der Waals surface area (Å²) in [5, 5.41) is 2.96. The molecule has 0 radical (unpaired) electrons. The third-order valence-electron chi connectivity index (χ3n) is 3.94. The van der Waals surface area contributed by atoms with Crippen LogP contribution in [0, 0.1) is 12.7 Å². The van der Waals surface area contributed by atoms with Gasteiger partial charge in [-0.3, -0.25) is 4.79 Å². The molecule has 0 fully saturated rings. The average molecular weight is 329 g/mol. The highest BCUT2D eigenvalue weighted by molar-refractivity contribution is 5.95. The summed E-state index contributed by atoms with van der Waals surface area (Å²) in [7, 11) is 0. The van der Waals surface area contributed by atoms with Crippen LogP contribution in [0.4, 0.5) is 10.1 Å². The Bertz CT molecular complexity index is 713. The first-order valence-corrected chi connectivity index (χ1v) is 8.25. The second kappa shape index (κ2) is 7.95. The van der Waals surface area contributed by atoms with Gasteiger partial charge in [0.25, 0.3) is 5.91 Å². The van der Waals surface area contributed by atoms with Crippen molar-refractivity contribution in [1.82, 2.24) is 0 Å². The molecule has 2 aromatic carbocycles. The molecule has 0 saturated heterocycles. The van der Waals surface area contributed by atoms with Crippen LogP contribution in [0.1, 0.15) is 44.2 Å². The molecule has 128 valence electrons. The molecule has 2 rings (SSSR count). The molecule has 1 amide bonds. The van der Waals surface area contributed by atoms with Gasteiger partial charge in [-0.05, 0) is 42.5 Å². The van der Waals surface area contributed by atoms with Crippen LogP contribution in [-0.4, -0.2) is 12.0 Å². The molecule has 1 atom stereocenters. The first-order chi connectivity index (χ1) is 11.4. The molecule has 24 heavy (non-hydrogen) atoms. The van der Waals surface area contributed by atoms with E-state index in [0.29, 0.717) is 6.42 Å². The predicted molar refractivity (Wildman–Crippen MR) is 95.0 cm³/mol. The van der Waals surface area contributed by atoms with Gasteiger partial charge in [-0.25, -0.2) is 4.39 Å². The van der Waals surface area contributed by atoms with E-state index in [1.807, 2.05) is 32.0 Å². The van der Waals surface area contributed by atoms with Crippen LogP contribution in [0.2, 0.25) is 0 Å². The summed E-state index contributed by atoms with van der Waals surface area (Å²) in [5.41, 5.74) is 2.88. The van der Waals surface area contributed by atoms with Gasteiger partial charge in [0.15, 0.2) is 17.7 Å². The Labute approximate surface area is 142 Å². The normalized spacial score (nSPS) is 12.1. The summed E-state index contributed by atoms with van der Waals surface area (Å²) < 4.78 is 19.3. The second-order valence-electron chi connectivity index (χ2n) is 6.13. The van der Waals surface area contributed by atoms with Crippen LogP contribution in [0.25, 0.3) is 0 Å². The first kappa shape index (κ1) is 18.0. The Morgan fingerprint density at radius 1 is 1.17 bits per heavy atom. The van der Waals surface area contributed by atoms with E-state index in [2.05, 4.69) is 19.2 Å². The molecule has 0 aliphatic carbocycles. The number of anilines is 1. The van der Waals surface area contributed by atoms with Crippen molar-refractivity contribution in [2.75, 3.05) is 5.32 Å². The fourth-order valence-electron chi connectivity index (χ4n) is 2.56. The fraction of sp³-hybridized carbons (Fsp3) is 0.350. The molecule has 1 N–H and O–H groups in total. The number of amides is 1. The molecule has 2 aromatic rings. The van der Waals surface area contributed by atoms with Crippen LogP contribution in [0.15, 0.2) is 42.5 Å². The van der Waals surface area contributed by atoms with Crippen LogP contribution in [0.3, 0.4) is 0 Å². The topological polar surface area (TPSA) is 38.3 Å². The maximum Gasteiger partial charge on any atom is 0.265 e. The lowest BCUT2D eigenvalue weighted by Crippen LogP contribution is -2.33. The lowest BCUT2D eigenvalue weighted by atomic mass is 9.98. The SMILES string of the molecule is CC[C@H](Oc1ccccc1F)C(=O)Nc1c(C)cccc1C(C)C. The molecule has 0 saturated carbocycles. The highest BCUT2D eigenvalue weighted by Gasteiger charge is 2.22. The van der Waals surface area contributed by atoms with Crippen molar-refractivity contribution < 1.29 is 13.9 Å². The fourth-order valence-corrected chi connectivity index (χ4v) is 2.56. The Kier molecular flexibility index (Phi) is 5.96. The molecule has 0 aromatic heterocycles. The van der Waals surface area contributed by atoms with Crippen molar-refractivity contribution in [1.29, 1.82) is 0 Å². The third kappa shape index (κ3) is 4.13. The molecular weight excluding hydrogens is 305 g/mol. The molecular formula is C20H24FNO2. The monoisotopic (exact) mass is 329 g/mol. The predicted octanol–water partition coefficient (Wildman–Crippen LogP) is 5.05. The first-order valence-electron chi connectivity index (χ1n) is 8.25. The maximum atomic E-state index is 13.8. The number of para-hydroxylation sites is 2. The van der Waals surface area contributed by atoms with E-state index in [4.69, 9.17) is 4.74 Å². The molecule has 4 heteroatoms. The number of hydrogen-bond acceptors (Lipinski definition) is 2. The van der Waals surface area contributed by atoms with Crippen molar-refractivity contribution >= 4 is 11.6 Å². The number of benzene rings is 2. The van der Waals surface area contributed by atoms with E-state index in [-0.39, 0.29) is 17.6 Å². The van der Waals surface area contributed by atoms with Crippen molar-refractivity contribution in [3.05, 3.63) is 59.4 Å². The van der Waals surface area contributed by atoms with Crippen LogP contribution in [0.5, 0.6) is 5.75 Å². The zero-order valence-electron chi connectivity index (χ0n) is 14.6. The van der Waals surface area contributed by atoms with Gasteiger partial charge in [0.1, 0.15) is 0 Å². The average Bonchev–Trinajstić information content (AvgIpc) is 2.55. The summed E-state index contributed by atoms with van der Waals surface area (Å²) in [4.78, 5) is 12.6. The van der Waals surface area contributed by atoms with Gasteiger partial charge in [-0.1, -0.05) is 51.1 Å². The van der Waals surface area contributed by atoms with E-state index in [0.717, 1.165) is 16.8 Å². The third-order valence-corrected chi connectivity index (χ3v) is 3.94. The van der Waals surface area contributed by atoms with Gasteiger partial charge in [-0.15, -0.1) is 0 Å². The minimum Gasteiger partial charge on any atom is -0.478 e.